The van der Waals surface area contributed by atoms with Crippen molar-refractivity contribution in [2.24, 2.45) is 5.92 Å². The van der Waals surface area contributed by atoms with Gasteiger partial charge in [-0.25, -0.2) is 9.55 Å². The van der Waals surface area contributed by atoms with Crippen molar-refractivity contribution >= 4 is 64.2 Å². The van der Waals surface area contributed by atoms with Crippen LogP contribution in [0.4, 0.5) is 5.95 Å². The molecule has 15 nitrogen and oxygen atoms in total. The molecule has 2 fully saturated rings. The number of rotatable bonds is 12. The van der Waals surface area contributed by atoms with Crippen LogP contribution in [0, 0.1) is 9.75 Å². The van der Waals surface area contributed by atoms with Crippen LogP contribution >= 0.6 is 30.3 Å². The maximum absolute atomic E-state index is 14.7. The van der Waals surface area contributed by atoms with Gasteiger partial charge in [0.05, 0.1) is 13.7 Å². The van der Waals surface area contributed by atoms with Crippen LogP contribution in [0.1, 0.15) is 52.7 Å². The first kappa shape index (κ1) is 35.7. The number of nitrogens with two attached hydrogens (primary N) is 1. The van der Waals surface area contributed by atoms with E-state index < -0.39 is 50.4 Å². The monoisotopic (exact) mass is 810 g/mol. The number of carbonyl (C=O) groups is 1. The van der Waals surface area contributed by atoms with E-state index in [9.17, 15) is 19.6 Å². The number of carbonyl (C=O) groups excluding carboxylic acids is 1. The highest BCUT2D eigenvalue weighted by atomic mass is 127. The van der Waals surface area contributed by atoms with Gasteiger partial charge in [0.1, 0.15) is 35.7 Å². The van der Waals surface area contributed by atoms with Crippen molar-refractivity contribution in [3.05, 3.63) is 46.3 Å². The predicted octanol–water partition coefficient (Wildman–Crippen LogP) is 4.49. The summed E-state index contributed by atoms with van der Waals surface area (Å²) in [4.78, 5) is 26.2. The normalized spacial score (nSPS) is 24.8. The zero-order valence-electron chi connectivity index (χ0n) is 27.5. The Morgan fingerprint density at radius 2 is 1.90 bits per heavy atom. The number of hydrogen-bond donors (Lipinski definition) is 4. The number of nitrogen functional groups attached to an aromatic ring is 1. The summed E-state index contributed by atoms with van der Waals surface area (Å²) in [5, 5.41) is 27.3. The van der Waals surface area contributed by atoms with E-state index in [4.69, 9.17) is 29.0 Å². The third-order valence-electron chi connectivity index (χ3n) is 8.84. The number of hydrogen-bond acceptors (Lipinski definition) is 13. The molecule has 0 radical (unpaired) electrons. The molecule has 17 heteroatoms. The summed E-state index contributed by atoms with van der Waals surface area (Å²) in [5.74, 6) is -0.636. The van der Waals surface area contributed by atoms with Crippen LogP contribution in [-0.4, -0.2) is 79.4 Å². The van der Waals surface area contributed by atoms with E-state index in [1.807, 2.05) is 52.9 Å². The molecule has 1 aliphatic carbocycles. The first-order chi connectivity index (χ1) is 23.3. The van der Waals surface area contributed by atoms with Gasteiger partial charge in [0.15, 0.2) is 21.2 Å². The van der Waals surface area contributed by atoms with Gasteiger partial charge in [0.2, 0.25) is 11.8 Å². The van der Waals surface area contributed by atoms with Crippen molar-refractivity contribution in [3.8, 4) is 11.6 Å². The van der Waals surface area contributed by atoms with E-state index in [-0.39, 0.29) is 40.8 Å². The fourth-order valence-electron chi connectivity index (χ4n) is 6.20. The minimum Gasteiger partial charge on any atom is -0.479 e. The maximum atomic E-state index is 14.7. The highest BCUT2D eigenvalue weighted by Crippen LogP contribution is 2.49. The van der Waals surface area contributed by atoms with E-state index >= 15 is 0 Å². The number of methoxy groups -OCH3 is 1. The molecule has 6 atom stereocenters. The topological polar surface area (TPSA) is 202 Å². The van der Waals surface area contributed by atoms with E-state index in [1.54, 1.807) is 26.0 Å². The van der Waals surface area contributed by atoms with Gasteiger partial charge in [0.25, 0.3) is 0 Å². The minimum absolute atomic E-state index is 0.0938. The molecular weight excluding hydrogens is 770 g/mol. The number of esters is 1. The molecular formula is C32H40IN6O9P. The molecule has 49 heavy (non-hydrogen) atoms. The second-order valence-electron chi connectivity index (χ2n) is 12.8. The Morgan fingerprint density at radius 3 is 2.61 bits per heavy atom. The Hall–Kier alpha value is -3.12. The van der Waals surface area contributed by atoms with Gasteiger partial charge in [-0.1, -0.05) is 50.2 Å². The van der Waals surface area contributed by atoms with Crippen LogP contribution in [0.15, 0.2) is 42.5 Å². The van der Waals surface area contributed by atoms with Crippen molar-refractivity contribution in [1.82, 2.24) is 24.6 Å². The predicted molar refractivity (Wildman–Crippen MR) is 188 cm³/mol. The summed E-state index contributed by atoms with van der Waals surface area (Å²) in [6.45, 7) is 4.48. The molecule has 0 bridgehead atoms. The molecule has 2 aromatic carbocycles. The fraction of sp³-hybridized carbons (Fsp3) is 0.500. The number of halogens is 1. The van der Waals surface area contributed by atoms with Gasteiger partial charge in [-0.3, -0.25) is 13.9 Å². The van der Waals surface area contributed by atoms with E-state index in [0.717, 1.165) is 31.1 Å². The molecule has 3 heterocycles. The first-order valence-corrected chi connectivity index (χ1v) is 18.6. The van der Waals surface area contributed by atoms with Gasteiger partial charge in [-0.15, -0.1) is 0 Å². The molecule has 1 aliphatic heterocycles. The number of fused-ring (bicyclic) bond motifs is 2. The highest BCUT2D eigenvalue weighted by molar-refractivity contribution is 14.1. The van der Waals surface area contributed by atoms with Crippen molar-refractivity contribution < 1.29 is 42.8 Å². The lowest BCUT2D eigenvalue weighted by atomic mass is 9.96. The Balaban J connectivity index is 1.30. The summed E-state index contributed by atoms with van der Waals surface area (Å²) in [7, 11) is -3.00. The highest BCUT2D eigenvalue weighted by Gasteiger charge is 2.55. The average Bonchev–Trinajstić information content (AvgIpc) is 3.75. The van der Waals surface area contributed by atoms with Crippen molar-refractivity contribution in [3.63, 3.8) is 0 Å². The number of nitrogens with zero attached hydrogens (tertiary/aromatic N) is 4. The van der Waals surface area contributed by atoms with E-state index in [0.29, 0.717) is 9.22 Å². The van der Waals surface area contributed by atoms with Crippen LogP contribution in [0.5, 0.6) is 11.6 Å². The largest absolute Gasteiger partial charge is 0.479 e. The number of benzene rings is 2. The van der Waals surface area contributed by atoms with Crippen molar-refractivity contribution in [1.29, 1.82) is 0 Å². The summed E-state index contributed by atoms with van der Waals surface area (Å²) >= 11 is 1.94. The summed E-state index contributed by atoms with van der Waals surface area (Å²) < 4.78 is 46.0. The Kier molecular flexibility index (Phi) is 10.4. The number of imidazole rings is 1. The molecule has 0 spiro atoms. The van der Waals surface area contributed by atoms with Crippen molar-refractivity contribution in [2.75, 3.05) is 19.5 Å². The number of nitrogens with one attached hydrogen (secondary N) is 1. The Labute approximate surface area is 296 Å². The van der Waals surface area contributed by atoms with Gasteiger partial charge >= 0.3 is 13.7 Å². The van der Waals surface area contributed by atoms with Crippen LogP contribution in [0.2, 0.25) is 0 Å². The first-order valence-electron chi connectivity index (χ1n) is 16.0. The molecule has 1 saturated heterocycles. The molecule has 5 N–H and O–H groups in total. The number of aliphatic hydroxyl groups is 2. The van der Waals surface area contributed by atoms with Crippen LogP contribution in [0.25, 0.3) is 21.9 Å². The SMILES string of the molecule is COc1nc(N)nc2c1nc(I)n2C1O[C@H](COP(=O)(N[C@H](C(=O)OC2CCCC2)C(C)C)Oc2cccc3ccccc23)[C@@H](O)[C@@]1(C)O. The third-order valence-corrected chi connectivity index (χ3v) is 11.1. The van der Waals surface area contributed by atoms with Crippen LogP contribution < -0.4 is 20.1 Å². The second-order valence-corrected chi connectivity index (χ2v) is 15.4. The Bertz CT molecular complexity index is 1880. The zero-order valence-corrected chi connectivity index (χ0v) is 30.5. The molecule has 0 amide bonds. The fourth-order valence-corrected chi connectivity index (χ4v) is 8.60. The number of aromatic nitrogens is 4. The smallest absolute Gasteiger partial charge is 0.459 e. The molecule has 2 unspecified atom stereocenters. The maximum Gasteiger partial charge on any atom is 0.459 e. The second kappa shape index (κ2) is 14.2. The average molecular weight is 811 g/mol. The summed E-state index contributed by atoms with van der Waals surface area (Å²) in [6.07, 6.45) is -0.715. The summed E-state index contributed by atoms with van der Waals surface area (Å²) in [5.41, 5.74) is 4.49. The van der Waals surface area contributed by atoms with Crippen molar-refractivity contribution in [2.45, 2.75) is 82.6 Å². The summed E-state index contributed by atoms with van der Waals surface area (Å²) in [6, 6.07) is 11.6. The quantitative estimate of drug-likeness (QED) is 0.0675. The van der Waals surface area contributed by atoms with Gasteiger partial charge < -0.3 is 34.7 Å². The zero-order chi connectivity index (χ0) is 35.1. The molecule has 1 saturated carbocycles. The molecule has 4 aromatic rings. The number of anilines is 1. The van der Waals surface area contributed by atoms with Gasteiger partial charge in [-0.2, -0.15) is 15.1 Å². The standard InChI is InChI=1S/C32H40IN6O9P/c1-17(2)23(28(41)46-19-12-6-7-13-19)38-49(43,48-21-15-9-11-18-10-5-8-14-20(18)21)45-16-22-25(40)32(3,42)29(47-22)39-26-24(35-30(39)33)27(44-4)37-31(34)36-26/h5,8-11,14-15,17,19,22-23,25,29,40,42H,6-7,12-13,16H2,1-4H3,(H,38,43)(H2,34,36,37)/t22-,23+,25-,29?,32-,49?/m1/s1. The third kappa shape index (κ3) is 7.22. The Morgan fingerprint density at radius 1 is 1.18 bits per heavy atom. The molecule has 6 rings (SSSR count). The lowest BCUT2D eigenvalue weighted by Gasteiger charge is -2.29. The molecule has 2 aromatic heterocycles. The van der Waals surface area contributed by atoms with Gasteiger partial charge in [-0.05, 0) is 50.0 Å². The lowest BCUT2D eigenvalue weighted by molar-refractivity contribution is -0.152. The number of aliphatic hydroxyl groups excluding tert-OH is 1. The molecule has 2 aliphatic rings. The van der Waals surface area contributed by atoms with Crippen LogP contribution in [0.3, 0.4) is 0 Å². The molecule has 264 valence electrons. The van der Waals surface area contributed by atoms with Crippen LogP contribution in [-0.2, 0) is 23.4 Å². The number of ether oxygens (including phenoxy) is 3. The van der Waals surface area contributed by atoms with E-state index in [2.05, 4.69) is 20.0 Å². The lowest BCUT2D eigenvalue weighted by Crippen LogP contribution is -2.45. The van der Waals surface area contributed by atoms with Gasteiger partial charge in [0, 0.05) is 28.0 Å². The minimum atomic E-state index is -4.42. The van der Waals surface area contributed by atoms with E-state index in [1.165, 1.54) is 18.6 Å².